The van der Waals surface area contributed by atoms with Crippen LogP contribution >= 0.6 is 11.8 Å². The molecule has 0 radical (unpaired) electrons. The first kappa shape index (κ1) is 16.6. The van der Waals surface area contributed by atoms with Gasteiger partial charge in [-0.05, 0) is 18.9 Å². The number of fused-ring (bicyclic) bond motifs is 1. The largest absolute Gasteiger partial charge is 0.411 e. The van der Waals surface area contributed by atoms with Gasteiger partial charge in [0.2, 0.25) is 5.91 Å². The number of para-hydroxylation sites is 1. The molecule has 0 saturated carbocycles. The number of carbonyl (C=O) groups is 1. The van der Waals surface area contributed by atoms with Crippen molar-refractivity contribution in [3.05, 3.63) is 30.5 Å². The Morgan fingerprint density at radius 2 is 2.08 bits per heavy atom. The summed E-state index contributed by atoms with van der Waals surface area (Å²) >= 11 is 1.24. The Balaban J connectivity index is 1.65. The maximum absolute atomic E-state index is 11.9. The minimum Gasteiger partial charge on any atom is -0.411 e. The Hall–Kier alpha value is -2.28. The van der Waals surface area contributed by atoms with E-state index in [1.54, 1.807) is 0 Å². The van der Waals surface area contributed by atoms with E-state index in [0.29, 0.717) is 17.0 Å². The van der Waals surface area contributed by atoms with Crippen LogP contribution in [0.4, 0.5) is 0 Å². The van der Waals surface area contributed by atoms with Crippen molar-refractivity contribution in [1.82, 2.24) is 20.5 Å². The molecule has 2 N–H and O–H groups in total. The number of thioether (sulfide) groups is 1. The van der Waals surface area contributed by atoms with Crippen molar-refractivity contribution >= 4 is 28.6 Å². The molecule has 2 aromatic heterocycles. The van der Waals surface area contributed by atoms with Crippen LogP contribution in [0.25, 0.3) is 22.4 Å². The number of H-pyrrole nitrogens is 1. The average Bonchev–Trinajstić information content (AvgIpc) is 3.19. The number of hydrogen-bond acceptors (Lipinski definition) is 5. The summed E-state index contributed by atoms with van der Waals surface area (Å²) in [5.41, 5.74) is 1.88. The third-order valence-electron chi connectivity index (χ3n) is 3.94. The summed E-state index contributed by atoms with van der Waals surface area (Å²) in [5.74, 6) is 1.07. The molecule has 0 fully saturated rings. The summed E-state index contributed by atoms with van der Waals surface area (Å²) in [6.45, 7) is 6.14. The number of nitrogens with one attached hydrogen (secondary N) is 2. The van der Waals surface area contributed by atoms with Crippen LogP contribution in [0.2, 0.25) is 0 Å². The molecule has 2 heterocycles. The van der Waals surface area contributed by atoms with E-state index in [0.717, 1.165) is 16.5 Å². The first-order chi connectivity index (χ1) is 11.5. The van der Waals surface area contributed by atoms with E-state index >= 15 is 0 Å². The third kappa shape index (κ3) is 3.62. The van der Waals surface area contributed by atoms with Crippen molar-refractivity contribution in [2.45, 2.75) is 32.0 Å². The van der Waals surface area contributed by atoms with Crippen LogP contribution in [0.3, 0.4) is 0 Å². The summed E-state index contributed by atoms with van der Waals surface area (Å²) < 4.78 is 5.68. The molecule has 1 aromatic carbocycles. The van der Waals surface area contributed by atoms with Gasteiger partial charge in [-0.15, -0.1) is 10.2 Å². The number of aromatic amines is 1. The van der Waals surface area contributed by atoms with Gasteiger partial charge >= 0.3 is 0 Å². The zero-order valence-corrected chi connectivity index (χ0v) is 14.7. The molecule has 3 aromatic rings. The molecule has 7 heteroatoms. The lowest BCUT2D eigenvalue weighted by Crippen LogP contribution is -2.37. The fourth-order valence-electron chi connectivity index (χ4n) is 2.21. The van der Waals surface area contributed by atoms with Crippen LogP contribution in [-0.2, 0) is 4.79 Å². The molecule has 3 rings (SSSR count). The van der Waals surface area contributed by atoms with E-state index < -0.39 is 0 Å². The summed E-state index contributed by atoms with van der Waals surface area (Å²) in [7, 11) is 0. The summed E-state index contributed by atoms with van der Waals surface area (Å²) in [4.78, 5) is 15.1. The Labute approximate surface area is 144 Å². The summed E-state index contributed by atoms with van der Waals surface area (Å²) in [6, 6.07) is 8.06. The number of hydrogen-bond donors (Lipinski definition) is 2. The average molecular weight is 344 g/mol. The number of aromatic nitrogens is 3. The van der Waals surface area contributed by atoms with Gasteiger partial charge in [-0.1, -0.05) is 43.8 Å². The van der Waals surface area contributed by atoms with Gasteiger partial charge in [0.15, 0.2) is 0 Å². The van der Waals surface area contributed by atoms with Gasteiger partial charge in [-0.2, -0.15) is 0 Å². The van der Waals surface area contributed by atoms with E-state index in [4.69, 9.17) is 4.42 Å². The molecule has 0 aliphatic carbocycles. The number of nitrogens with zero attached hydrogens (tertiary/aromatic N) is 2. The maximum Gasteiger partial charge on any atom is 0.277 e. The fourth-order valence-corrected chi connectivity index (χ4v) is 2.79. The van der Waals surface area contributed by atoms with Gasteiger partial charge in [-0.25, -0.2) is 0 Å². The molecular formula is C17H20N4O2S. The van der Waals surface area contributed by atoms with E-state index in [9.17, 15) is 4.79 Å². The SMILES string of the molecule is CC(C)[C@@H](C)NC(=O)CSc1nnc(-c2c[nH]c3ccccc23)o1. The second-order valence-electron chi connectivity index (χ2n) is 6.01. The molecular weight excluding hydrogens is 324 g/mol. The van der Waals surface area contributed by atoms with Crippen LogP contribution in [0.1, 0.15) is 20.8 Å². The van der Waals surface area contributed by atoms with E-state index in [1.807, 2.05) is 37.4 Å². The van der Waals surface area contributed by atoms with Crippen molar-refractivity contribution in [2.24, 2.45) is 5.92 Å². The molecule has 0 aliphatic heterocycles. The van der Waals surface area contributed by atoms with Crippen LogP contribution < -0.4 is 5.32 Å². The number of amides is 1. The first-order valence-corrected chi connectivity index (χ1v) is 8.85. The standard InChI is InChI=1S/C17H20N4O2S/c1-10(2)11(3)19-15(22)9-24-17-21-20-16(23-17)13-8-18-14-7-5-4-6-12(13)14/h4-8,10-11,18H,9H2,1-3H3,(H,19,22)/t11-/m1/s1. The fraction of sp³-hybridized carbons (Fsp3) is 0.353. The van der Waals surface area contributed by atoms with E-state index in [2.05, 4.69) is 34.3 Å². The predicted molar refractivity (Wildman–Crippen MR) is 94.8 cm³/mol. The van der Waals surface area contributed by atoms with E-state index in [-0.39, 0.29) is 17.7 Å². The van der Waals surface area contributed by atoms with Crippen LogP contribution in [0.15, 0.2) is 40.1 Å². The minimum absolute atomic E-state index is 0.0342. The monoisotopic (exact) mass is 344 g/mol. The number of benzene rings is 1. The van der Waals surface area contributed by atoms with Gasteiger partial charge in [-0.3, -0.25) is 4.79 Å². The summed E-state index contributed by atoms with van der Waals surface area (Å²) in [5, 5.41) is 12.5. The van der Waals surface area contributed by atoms with Crippen molar-refractivity contribution in [3.63, 3.8) is 0 Å². The predicted octanol–water partition coefficient (Wildman–Crippen LogP) is 3.47. The lowest BCUT2D eigenvalue weighted by Gasteiger charge is -2.16. The van der Waals surface area contributed by atoms with Gasteiger partial charge in [0.25, 0.3) is 11.1 Å². The summed E-state index contributed by atoms with van der Waals surface area (Å²) in [6.07, 6.45) is 1.85. The molecule has 6 nitrogen and oxygen atoms in total. The quantitative estimate of drug-likeness (QED) is 0.669. The van der Waals surface area contributed by atoms with Crippen LogP contribution in [-0.4, -0.2) is 32.9 Å². The molecule has 0 spiro atoms. The normalized spacial score (nSPS) is 12.7. The highest BCUT2D eigenvalue weighted by Crippen LogP contribution is 2.29. The maximum atomic E-state index is 11.9. The zero-order chi connectivity index (χ0) is 17.1. The van der Waals surface area contributed by atoms with Crippen molar-refractivity contribution < 1.29 is 9.21 Å². The van der Waals surface area contributed by atoms with Gasteiger partial charge in [0.05, 0.1) is 11.3 Å². The molecule has 0 bridgehead atoms. The smallest absolute Gasteiger partial charge is 0.277 e. The number of rotatable bonds is 6. The lowest BCUT2D eigenvalue weighted by molar-refractivity contribution is -0.119. The van der Waals surface area contributed by atoms with Gasteiger partial charge < -0.3 is 14.7 Å². The highest BCUT2D eigenvalue weighted by molar-refractivity contribution is 7.99. The Morgan fingerprint density at radius 3 is 2.88 bits per heavy atom. The Bertz CT molecular complexity index is 840. The molecule has 1 amide bonds. The van der Waals surface area contributed by atoms with Crippen molar-refractivity contribution in [1.29, 1.82) is 0 Å². The van der Waals surface area contributed by atoms with Crippen molar-refractivity contribution in [3.8, 4) is 11.5 Å². The Kier molecular flexibility index (Phi) is 4.89. The minimum atomic E-state index is -0.0342. The topological polar surface area (TPSA) is 83.8 Å². The van der Waals surface area contributed by atoms with Crippen molar-refractivity contribution in [2.75, 3.05) is 5.75 Å². The van der Waals surface area contributed by atoms with Crippen LogP contribution in [0.5, 0.6) is 0 Å². The molecule has 1 atom stereocenters. The lowest BCUT2D eigenvalue weighted by atomic mass is 10.1. The van der Waals surface area contributed by atoms with Crippen LogP contribution in [0, 0.1) is 5.92 Å². The third-order valence-corrected chi connectivity index (χ3v) is 4.76. The zero-order valence-electron chi connectivity index (χ0n) is 13.9. The second kappa shape index (κ2) is 7.09. The molecule has 126 valence electrons. The molecule has 0 unspecified atom stereocenters. The highest BCUT2D eigenvalue weighted by Gasteiger charge is 2.15. The highest BCUT2D eigenvalue weighted by atomic mass is 32.2. The van der Waals surface area contributed by atoms with Gasteiger partial charge in [0, 0.05) is 23.1 Å². The second-order valence-corrected chi connectivity index (χ2v) is 6.94. The first-order valence-electron chi connectivity index (χ1n) is 7.86. The Morgan fingerprint density at radius 1 is 1.29 bits per heavy atom. The number of carbonyl (C=O) groups excluding carboxylic acids is 1. The molecule has 0 aliphatic rings. The van der Waals surface area contributed by atoms with E-state index in [1.165, 1.54) is 11.8 Å². The van der Waals surface area contributed by atoms with Gasteiger partial charge in [0.1, 0.15) is 0 Å². The molecule has 24 heavy (non-hydrogen) atoms. The molecule has 0 saturated heterocycles.